The summed E-state index contributed by atoms with van der Waals surface area (Å²) in [6, 6.07) is 1.51. The molecule has 118 valence electrons. The van der Waals surface area contributed by atoms with E-state index in [9.17, 15) is 5.11 Å². The molecule has 2 unspecified atom stereocenters. The summed E-state index contributed by atoms with van der Waals surface area (Å²) in [7, 11) is 0. The van der Waals surface area contributed by atoms with Gasteiger partial charge >= 0.3 is 0 Å². The van der Waals surface area contributed by atoms with Crippen molar-refractivity contribution in [3.05, 3.63) is 0 Å². The van der Waals surface area contributed by atoms with Crippen molar-refractivity contribution < 1.29 is 5.11 Å². The van der Waals surface area contributed by atoms with Crippen molar-refractivity contribution >= 4 is 0 Å². The minimum absolute atomic E-state index is 0.0484. The molecule has 0 aromatic heterocycles. The zero-order valence-corrected chi connectivity index (χ0v) is 13.5. The van der Waals surface area contributed by atoms with Gasteiger partial charge < -0.3 is 15.3 Å². The van der Waals surface area contributed by atoms with E-state index < -0.39 is 0 Å². The highest BCUT2D eigenvalue weighted by atomic mass is 16.3. The summed E-state index contributed by atoms with van der Waals surface area (Å²) in [4.78, 5) is 2.70. The normalized spacial score (nSPS) is 27.4. The summed E-state index contributed by atoms with van der Waals surface area (Å²) in [5.41, 5.74) is -0.0484. The largest absolute Gasteiger partial charge is 0.394 e. The van der Waals surface area contributed by atoms with Crippen molar-refractivity contribution in [3.8, 4) is 0 Å². The van der Waals surface area contributed by atoms with Crippen LogP contribution in [0.3, 0.4) is 0 Å². The van der Waals surface area contributed by atoms with Gasteiger partial charge in [-0.2, -0.15) is 0 Å². The molecular formula is C17H34N2O. The first-order valence-electron chi connectivity index (χ1n) is 8.79. The second-order valence-electron chi connectivity index (χ2n) is 7.19. The van der Waals surface area contributed by atoms with Crippen LogP contribution in [0, 0.1) is 0 Å². The van der Waals surface area contributed by atoms with Crippen LogP contribution in [0.4, 0.5) is 0 Å². The zero-order valence-electron chi connectivity index (χ0n) is 13.5. The molecule has 3 nitrogen and oxygen atoms in total. The lowest BCUT2D eigenvalue weighted by Crippen LogP contribution is -2.47. The molecule has 2 fully saturated rings. The van der Waals surface area contributed by atoms with Gasteiger partial charge in [0, 0.05) is 17.6 Å². The van der Waals surface area contributed by atoms with Crippen molar-refractivity contribution in [2.45, 2.75) is 89.3 Å². The number of hydrogen-bond donors (Lipinski definition) is 2. The first-order valence-corrected chi connectivity index (χ1v) is 8.79. The lowest BCUT2D eigenvalue weighted by Gasteiger charge is -2.35. The molecule has 1 aliphatic carbocycles. The van der Waals surface area contributed by atoms with Gasteiger partial charge in [0.05, 0.1) is 6.61 Å². The Morgan fingerprint density at radius 1 is 1.20 bits per heavy atom. The van der Waals surface area contributed by atoms with Crippen LogP contribution in [-0.2, 0) is 0 Å². The number of nitrogens with one attached hydrogen (secondary N) is 1. The Bertz CT molecular complexity index is 280. The summed E-state index contributed by atoms with van der Waals surface area (Å²) in [5.74, 6) is 0. The first kappa shape index (κ1) is 16.3. The molecule has 0 amide bonds. The van der Waals surface area contributed by atoms with Crippen molar-refractivity contribution in [2.75, 3.05) is 19.7 Å². The minimum Gasteiger partial charge on any atom is -0.394 e. The van der Waals surface area contributed by atoms with E-state index in [4.69, 9.17) is 0 Å². The van der Waals surface area contributed by atoms with E-state index in [1.165, 1.54) is 64.5 Å². The van der Waals surface area contributed by atoms with E-state index in [1.807, 2.05) is 0 Å². The van der Waals surface area contributed by atoms with Gasteiger partial charge in [0.25, 0.3) is 0 Å². The Balaban J connectivity index is 1.64. The van der Waals surface area contributed by atoms with Crippen LogP contribution < -0.4 is 5.32 Å². The fraction of sp³-hybridized carbons (Fsp3) is 1.00. The summed E-state index contributed by atoms with van der Waals surface area (Å²) in [6.45, 7) is 7.33. The van der Waals surface area contributed by atoms with Crippen LogP contribution in [-0.4, -0.2) is 47.3 Å². The van der Waals surface area contributed by atoms with Gasteiger partial charge in [0.1, 0.15) is 0 Å². The second-order valence-corrected chi connectivity index (χ2v) is 7.19. The van der Waals surface area contributed by atoms with Crippen LogP contribution >= 0.6 is 0 Å². The molecule has 1 saturated carbocycles. The van der Waals surface area contributed by atoms with Crippen molar-refractivity contribution in [1.29, 1.82) is 0 Å². The minimum atomic E-state index is -0.0484. The lowest BCUT2D eigenvalue weighted by molar-refractivity contribution is 0.133. The molecule has 0 bridgehead atoms. The van der Waals surface area contributed by atoms with Gasteiger partial charge in [-0.15, -0.1) is 0 Å². The number of aliphatic hydroxyl groups excluding tert-OH is 1. The molecule has 2 N–H and O–H groups in total. The van der Waals surface area contributed by atoms with Gasteiger partial charge in [-0.05, 0) is 65.0 Å². The topological polar surface area (TPSA) is 35.5 Å². The molecule has 2 aliphatic rings. The quantitative estimate of drug-likeness (QED) is 0.638. The van der Waals surface area contributed by atoms with Crippen molar-refractivity contribution in [3.63, 3.8) is 0 Å². The molecule has 3 heteroatoms. The molecule has 0 spiro atoms. The number of piperidine rings is 1. The molecule has 2 rings (SSSR count). The fourth-order valence-corrected chi connectivity index (χ4v) is 3.56. The maximum atomic E-state index is 9.62. The molecule has 0 aromatic carbocycles. The van der Waals surface area contributed by atoms with E-state index in [0.29, 0.717) is 6.04 Å². The second kappa shape index (κ2) is 7.77. The van der Waals surface area contributed by atoms with Crippen LogP contribution in [0.25, 0.3) is 0 Å². The first-order chi connectivity index (χ1) is 9.67. The predicted octanol–water partition coefficient (Wildman–Crippen LogP) is 2.92. The number of unbranched alkanes of at least 4 members (excludes halogenated alkanes) is 1. The maximum absolute atomic E-state index is 9.62. The molecule has 1 aliphatic heterocycles. The predicted molar refractivity (Wildman–Crippen MR) is 85.0 cm³/mol. The van der Waals surface area contributed by atoms with E-state index >= 15 is 0 Å². The molecule has 20 heavy (non-hydrogen) atoms. The highest BCUT2D eigenvalue weighted by Crippen LogP contribution is 2.25. The molecule has 2 atom stereocenters. The average molecular weight is 282 g/mol. The van der Waals surface area contributed by atoms with E-state index in [2.05, 4.69) is 24.1 Å². The maximum Gasteiger partial charge on any atom is 0.0610 e. The number of nitrogens with zero attached hydrogens (tertiary/aromatic N) is 1. The molecular weight excluding hydrogens is 248 g/mol. The number of hydrogen-bond acceptors (Lipinski definition) is 3. The van der Waals surface area contributed by atoms with Crippen LogP contribution in [0.1, 0.15) is 71.6 Å². The van der Waals surface area contributed by atoms with Crippen LogP contribution in [0.5, 0.6) is 0 Å². The van der Waals surface area contributed by atoms with Gasteiger partial charge in [-0.25, -0.2) is 0 Å². The molecule has 0 aromatic rings. The van der Waals surface area contributed by atoms with E-state index in [-0.39, 0.29) is 12.1 Å². The standard InChI is InChI=1S/C17H34N2O/c1-3-16-8-4-6-12-19(16)13-7-5-11-17(2,14-20)18-15-9-10-15/h15-16,18,20H,3-14H2,1-2H3. The average Bonchev–Trinajstić information content (AvgIpc) is 3.28. The monoisotopic (exact) mass is 282 g/mol. The number of likely N-dealkylation sites (tertiary alicyclic amines) is 1. The van der Waals surface area contributed by atoms with Crippen LogP contribution in [0.2, 0.25) is 0 Å². The summed E-state index contributed by atoms with van der Waals surface area (Å²) >= 11 is 0. The highest BCUT2D eigenvalue weighted by Gasteiger charge is 2.31. The van der Waals surface area contributed by atoms with Gasteiger partial charge in [0.15, 0.2) is 0 Å². The lowest BCUT2D eigenvalue weighted by atomic mass is 9.94. The summed E-state index contributed by atoms with van der Waals surface area (Å²) < 4.78 is 0. The zero-order chi connectivity index (χ0) is 14.4. The summed E-state index contributed by atoms with van der Waals surface area (Å²) in [5, 5.41) is 13.2. The third-order valence-electron chi connectivity index (χ3n) is 5.12. The molecule has 1 heterocycles. The van der Waals surface area contributed by atoms with Crippen molar-refractivity contribution in [2.24, 2.45) is 0 Å². The number of rotatable bonds is 9. The molecule has 0 radical (unpaired) electrons. The van der Waals surface area contributed by atoms with Crippen molar-refractivity contribution in [1.82, 2.24) is 10.2 Å². The highest BCUT2D eigenvalue weighted by molar-refractivity contribution is 4.92. The third-order valence-corrected chi connectivity index (χ3v) is 5.12. The van der Waals surface area contributed by atoms with E-state index in [1.54, 1.807) is 0 Å². The molecule has 1 saturated heterocycles. The van der Waals surface area contributed by atoms with Gasteiger partial charge in [-0.3, -0.25) is 0 Å². The van der Waals surface area contributed by atoms with Gasteiger partial charge in [-0.1, -0.05) is 19.8 Å². The Hall–Kier alpha value is -0.120. The van der Waals surface area contributed by atoms with E-state index in [0.717, 1.165) is 12.5 Å². The van der Waals surface area contributed by atoms with Gasteiger partial charge in [0.2, 0.25) is 0 Å². The Labute approximate surface area is 125 Å². The Morgan fingerprint density at radius 2 is 2.00 bits per heavy atom. The smallest absolute Gasteiger partial charge is 0.0610 e. The summed E-state index contributed by atoms with van der Waals surface area (Å²) in [6.07, 6.45) is 11.7. The fourth-order valence-electron chi connectivity index (χ4n) is 3.56. The SMILES string of the molecule is CCC1CCCCN1CCCCC(C)(CO)NC1CC1. The Kier molecular flexibility index (Phi) is 6.31. The van der Waals surface area contributed by atoms with Crippen LogP contribution in [0.15, 0.2) is 0 Å². The third kappa shape index (κ3) is 5.01. The Morgan fingerprint density at radius 3 is 2.65 bits per heavy atom. The number of aliphatic hydroxyl groups is 1.